The van der Waals surface area contributed by atoms with Gasteiger partial charge in [-0.15, -0.1) is 10.2 Å². The van der Waals surface area contributed by atoms with Gasteiger partial charge in [-0.05, 0) is 31.2 Å². The highest BCUT2D eigenvalue weighted by Crippen LogP contribution is 2.22. The van der Waals surface area contributed by atoms with Crippen molar-refractivity contribution >= 4 is 33.9 Å². The van der Waals surface area contributed by atoms with Gasteiger partial charge >= 0.3 is 0 Å². The third-order valence-corrected chi connectivity index (χ3v) is 3.68. The number of para-hydroxylation sites is 1. The molecule has 1 amide bonds. The number of benzene rings is 1. The van der Waals surface area contributed by atoms with Crippen LogP contribution in [0.15, 0.2) is 42.6 Å². The van der Waals surface area contributed by atoms with E-state index in [4.69, 9.17) is 0 Å². The molecule has 0 atom stereocenters. The van der Waals surface area contributed by atoms with Gasteiger partial charge in [0.05, 0.1) is 11.3 Å². The summed E-state index contributed by atoms with van der Waals surface area (Å²) < 4.78 is 13.8. The van der Waals surface area contributed by atoms with Gasteiger partial charge in [0.15, 0.2) is 0 Å². The Labute approximate surface area is 135 Å². The molecule has 2 N–H and O–H groups in total. The minimum absolute atomic E-state index is 0.243. The second kappa shape index (κ2) is 6.49. The molecule has 8 heteroatoms. The second-order valence-electron chi connectivity index (χ2n) is 4.58. The molecule has 0 fully saturated rings. The van der Waals surface area contributed by atoms with Crippen LogP contribution >= 0.6 is 11.3 Å². The van der Waals surface area contributed by atoms with Gasteiger partial charge in [-0.25, -0.2) is 9.37 Å². The van der Waals surface area contributed by atoms with Gasteiger partial charge in [-0.3, -0.25) is 10.1 Å². The first-order chi connectivity index (χ1) is 11.1. The number of amides is 1. The first-order valence-corrected chi connectivity index (χ1v) is 7.53. The predicted molar refractivity (Wildman–Crippen MR) is 86.5 cm³/mol. The summed E-state index contributed by atoms with van der Waals surface area (Å²) in [5.41, 5.74) is 0.524. The van der Waals surface area contributed by atoms with Crippen LogP contribution in [0.4, 0.5) is 21.0 Å². The van der Waals surface area contributed by atoms with Crippen LogP contribution in [-0.2, 0) is 0 Å². The first kappa shape index (κ1) is 15.0. The summed E-state index contributed by atoms with van der Waals surface area (Å²) >= 11 is 1.27. The maximum absolute atomic E-state index is 13.8. The monoisotopic (exact) mass is 329 g/mol. The summed E-state index contributed by atoms with van der Waals surface area (Å²) in [6.07, 6.45) is 1.52. The van der Waals surface area contributed by atoms with E-state index in [9.17, 15) is 9.18 Å². The van der Waals surface area contributed by atoms with Crippen LogP contribution in [0.2, 0.25) is 0 Å². The van der Waals surface area contributed by atoms with Crippen LogP contribution in [0.5, 0.6) is 0 Å². The number of hydrogen-bond donors (Lipinski definition) is 2. The molecule has 3 rings (SSSR count). The summed E-state index contributed by atoms with van der Waals surface area (Å²) in [6, 6.07) is 9.41. The molecule has 1 aromatic carbocycles. The molecule has 2 heterocycles. The Morgan fingerprint density at radius 3 is 2.74 bits per heavy atom. The minimum Gasteiger partial charge on any atom is -0.337 e. The van der Waals surface area contributed by atoms with Crippen LogP contribution in [0.25, 0.3) is 0 Å². The fourth-order valence-corrected chi connectivity index (χ4v) is 2.48. The topological polar surface area (TPSA) is 79.8 Å². The predicted octanol–water partition coefficient (Wildman–Crippen LogP) is 3.38. The van der Waals surface area contributed by atoms with Crippen LogP contribution in [0.1, 0.15) is 15.4 Å². The van der Waals surface area contributed by atoms with Crippen LogP contribution in [0, 0.1) is 12.7 Å². The van der Waals surface area contributed by atoms with Crippen molar-refractivity contribution in [1.82, 2.24) is 15.2 Å². The molecule has 0 radical (unpaired) electrons. The zero-order valence-corrected chi connectivity index (χ0v) is 12.9. The van der Waals surface area contributed by atoms with Gasteiger partial charge < -0.3 is 5.32 Å². The Hall–Kier alpha value is -2.87. The number of pyridine rings is 1. The van der Waals surface area contributed by atoms with E-state index in [-0.39, 0.29) is 17.1 Å². The third kappa shape index (κ3) is 3.49. The standard InChI is InChI=1S/C15H12FN5OS/c1-9-20-21-15(23-9)19-14(22)10-5-4-8-17-13(10)18-12-7-3-2-6-11(12)16/h2-8H,1H3,(H,17,18)(H,19,21,22). The first-order valence-electron chi connectivity index (χ1n) is 6.71. The number of nitrogens with one attached hydrogen (secondary N) is 2. The molecule has 116 valence electrons. The summed E-state index contributed by atoms with van der Waals surface area (Å²) in [7, 11) is 0. The van der Waals surface area contributed by atoms with E-state index in [1.807, 2.05) is 0 Å². The molecule has 0 aliphatic carbocycles. The molecule has 3 aromatic rings. The van der Waals surface area contributed by atoms with Gasteiger partial charge in [0.1, 0.15) is 16.6 Å². The zero-order chi connectivity index (χ0) is 16.2. The van der Waals surface area contributed by atoms with Gasteiger partial charge in [0.25, 0.3) is 5.91 Å². The van der Waals surface area contributed by atoms with Crippen molar-refractivity contribution < 1.29 is 9.18 Å². The van der Waals surface area contributed by atoms with E-state index in [2.05, 4.69) is 25.8 Å². The third-order valence-electron chi connectivity index (χ3n) is 2.93. The van der Waals surface area contributed by atoms with E-state index >= 15 is 0 Å². The molecule has 2 aromatic heterocycles. The number of rotatable bonds is 4. The number of halogens is 1. The molecule has 0 unspecified atom stereocenters. The maximum Gasteiger partial charge on any atom is 0.261 e. The molecule has 0 saturated heterocycles. The van der Waals surface area contributed by atoms with Crippen LogP contribution in [-0.4, -0.2) is 21.1 Å². The zero-order valence-electron chi connectivity index (χ0n) is 12.1. The van der Waals surface area contributed by atoms with Gasteiger partial charge in [-0.2, -0.15) is 0 Å². The number of aryl methyl sites for hydroxylation is 1. The quantitative estimate of drug-likeness (QED) is 0.767. The summed E-state index contributed by atoms with van der Waals surface area (Å²) in [5, 5.41) is 14.3. The number of carbonyl (C=O) groups is 1. The molecule has 0 spiro atoms. The molecular weight excluding hydrogens is 317 g/mol. The highest BCUT2D eigenvalue weighted by atomic mass is 32.1. The number of hydrogen-bond acceptors (Lipinski definition) is 6. The Kier molecular flexibility index (Phi) is 4.24. The van der Waals surface area contributed by atoms with Crippen molar-refractivity contribution in [3.05, 3.63) is 59.0 Å². The number of aromatic nitrogens is 3. The Bertz CT molecular complexity index is 851. The maximum atomic E-state index is 13.8. The smallest absolute Gasteiger partial charge is 0.261 e. The average Bonchev–Trinajstić information content (AvgIpc) is 2.95. The number of anilines is 3. The van der Waals surface area contributed by atoms with Crippen LogP contribution < -0.4 is 10.6 Å². The summed E-state index contributed by atoms with van der Waals surface area (Å²) in [4.78, 5) is 16.5. The molecule has 0 bridgehead atoms. The van der Waals surface area contributed by atoms with Crippen molar-refractivity contribution in [3.8, 4) is 0 Å². The van der Waals surface area contributed by atoms with Gasteiger partial charge in [0.2, 0.25) is 5.13 Å². The number of nitrogens with zero attached hydrogens (tertiary/aromatic N) is 3. The van der Waals surface area contributed by atoms with E-state index in [0.29, 0.717) is 5.13 Å². The minimum atomic E-state index is -0.427. The average molecular weight is 329 g/mol. The highest BCUT2D eigenvalue weighted by molar-refractivity contribution is 7.15. The van der Waals surface area contributed by atoms with Crippen molar-refractivity contribution in [2.24, 2.45) is 0 Å². The summed E-state index contributed by atoms with van der Waals surface area (Å²) in [6.45, 7) is 1.79. The van der Waals surface area contributed by atoms with Crippen molar-refractivity contribution in [3.63, 3.8) is 0 Å². The normalized spacial score (nSPS) is 10.3. The second-order valence-corrected chi connectivity index (χ2v) is 5.77. The lowest BCUT2D eigenvalue weighted by Gasteiger charge is -2.10. The largest absolute Gasteiger partial charge is 0.337 e. The Morgan fingerprint density at radius 1 is 1.17 bits per heavy atom. The fraction of sp³-hybridized carbons (Fsp3) is 0.0667. The van der Waals surface area contributed by atoms with Crippen molar-refractivity contribution in [2.75, 3.05) is 10.6 Å². The molecule has 23 heavy (non-hydrogen) atoms. The van der Waals surface area contributed by atoms with Crippen molar-refractivity contribution in [2.45, 2.75) is 6.92 Å². The lowest BCUT2D eigenvalue weighted by molar-refractivity contribution is 0.102. The molecule has 6 nitrogen and oxygen atoms in total. The van der Waals surface area contributed by atoms with E-state index in [1.165, 1.54) is 23.6 Å². The molecule has 0 saturated carbocycles. The Balaban J connectivity index is 1.85. The highest BCUT2D eigenvalue weighted by Gasteiger charge is 2.15. The molecular formula is C15H12FN5OS. The van der Waals surface area contributed by atoms with Crippen LogP contribution in [0.3, 0.4) is 0 Å². The lowest BCUT2D eigenvalue weighted by Crippen LogP contribution is -2.14. The molecule has 0 aliphatic heterocycles. The van der Waals surface area contributed by atoms with Crippen molar-refractivity contribution in [1.29, 1.82) is 0 Å². The van der Waals surface area contributed by atoms with E-state index < -0.39 is 11.7 Å². The number of carbonyl (C=O) groups excluding carboxylic acids is 1. The van der Waals surface area contributed by atoms with Gasteiger partial charge in [0, 0.05) is 6.20 Å². The van der Waals surface area contributed by atoms with E-state index in [1.54, 1.807) is 37.3 Å². The molecule has 0 aliphatic rings. The lowest BCUT2D eigenvalue weighted by atomic mass is 10.2. The summed E-state index contributed by atoms with van der Waals surface area (Å²) in [5.74, 6) is -0.561. The Morgan fingerprint density at radius 2 is 2.00 bits per heavy atom. The fourth-order valence-electron chi connectivity index (χ4n) is 1.89. The SMILES string of the molecule is Cc1nnc(NC(=O)c2cccnc2Nc2ccccc2F)s1. The van der Waals surface area contributed by atoms with E-state index in [0.717, 1.165) is 5.01 Å². The van der Waals surface area contributed by atoms with Gasteiger partial charge in [-0.1, -0.05) is 23.5 Å².